The third-order valence-corrected chi connectivity index (χ3v) is 8.28. The molecule has 2 heterocycles. The molecule has 7 nitrogen and oxygen atoms in total. The van der Waals surface area contributed by atoms with Gasteiger partial charge in [0.1, 0.15) is 10.6 Å². The Balaban J connectivity index is 2.06. The molecule has 3 rings (SSSR count). The molecule has 0 bridgehead atoms. The zero-order valence-electron chi connectivity index (χ0n) is 13.9. The summed E-state index contributed by atoms with van der Waals surface area (Å²) in [7, 11) is -5.76. The molecular weight excluding hydrogens is 354 g/mol. The molecule has 2 saturated heterocycles. The Bertz CT molecular complexity index is 862. The van der Waals surface area contributed by atoms with Crippen molar-refractivity contribution < 1.29 is 26.3 Å². The van der Waals surface area contributed by atoms with Gasteiger partial charge < -0.3 is 9.47 Å². The van der Waals surface area contributed by atoms with Crippen molar-refractivity contribution in [1.82, 2.24) is 4.31 Å². The van der Waals surface area contributed by atoms with Crippen molar-refractivity contribution in [3.05, 3.63) is 23.3 Å². The average molecular weight is 375 g/mol. The van der Waals surface area contributed by atoms with Crippen molar-refractivity contribution in [2.24, 2.45) is 0 Å². The van der Waals surface area contributed by atoms with E-state index in [0.717, 1.165) is 11.1 Å². The van der Waals surface area contributed by atoms with Gasteiger partial charge in [-0.25, -0.2) is 16.8 Å². The number of ether oxygens (including phenoxy) is 2. The topological polar surface area (TPSA) is 90.0 Å². The molecule has 2 fully saturated rings. The molecule has 24 heavy (non-hydrogen) atoms. The van der Waals surface area contributed by atoms with Gasteiger partial charge in [0.25, 0.3) is 0 Å². The minimum Gasteiger partial charge on any atom is -0.495 e. The number of hydrogen-bond acceptors (Lipinski definition) is 6. The fourth-order valence-corrected chi connectivity index (χ4v) is 7.05. The van der Waals surface area contributed by atoms with Crippen molar-refractivity contribution >= 4 is 19.9 Å². The number of fused-ring (bicyclic) bond motifs is 1. The van der Waals surface area contributed by atoms with Crippen LogP contribution in [0.4, 0.5) is 0 Å². The first-order valence-corrected chi connectivity index (χ1v) is 10.9. The Labute approximate surface area is 142 Å². The van der Waals surface area contributed by atoms with Crippen LogP contribution < -0.4 is 4.74 Å². The lowest BCUT2D eigenvalue weighted by molar-refractivity contribution is -0.0142. The van der Waals surface area contributed by atoms with Crippen LogP contribution in [0.5, 0.6) is 5.75 Å². The van der Waals surface area contributed by atoms with Gasteiger partial charge in [-0.05, 0) is 37.1 Å². The fourth-order valence-electron chi connectivity index (χ4n) is 3.23. The second-order valence-electron chi connectivity index (χ2n) is 6.26. The molecule has 2 unspecified atom stereocenters. The number of aryl methyl sites for hydroxylation is 2. The van der Waals surface area contributed by atoms with Crippen molar-refractivity contribution in [3.8, 4) is 5.75 Å². The van der Waals surface area contributed by atoms with Crippen LogP contribution in [0.1, 0.15) is 11.1 Å². The van der Waals surface area contributed by atoms with E-state index in [-0.39, 0.29) is 35.3 Å². The molecule has 2 aliphatic heterocycles. The molecule has 0 amide bonds. The van der Waals surface area contributed by atoms with Crippen LogP contribution in [0.25, 0.3) is 0 Å². The Hall–Kier alpha value is -1.16. The lowest BCUT2D eigenvalue weighted by Gasteiger charge is -2.35. The molecule has 134 valence electrons. The standard InChI is InChI=1S/C15H21NO6S2/c1-10-6-13(21-3)15(7-11(10)2)24(19,20)16-4-5-22-14-9-23(17,18)8-12(14)16/h6-7,12,14H,4-5,8-9H2,1-3H3. The summed E-state index contributed by atoms with van der Waals surface area (Å²) in [6, 6.07) is 2.59. The van der Waals surface area contributed by atoms with Crippen LogP contribution in [-0.4, -0.2) is 65.1 Å². The number of nitrogens with zero attached hydrogens (tertiary/aromatic N) is 1. The summed E-state index contributed by atoms with van der Waals surface area (Å²) < 4.78 is 62.2. The summed E-state index contributed by atoms with van der Waals surface area (Å²) in [5.41, 5.74) is 1.76. The average Bonchev–Trinajstić information content (AvgIpc) is 2.82. The maximum atomic E-state index is 13.2. The number of benzene rings is 1. The maximum absolute atomic E-state index is 13.2. The number of morpholine rings is 1. The van der Waals surface area contributed by atoms with E-state index in [1.807, 2.05) is 13.8 Å². The van der Waals surface area contributed by atoms with E-state index >= 15 is 0 Å². The quantitative estimate of drug-likeness (QED) is 0.764. The van der Waals surface area contributed by atoms with E-state index in [4.69, 9.17) is 9.47 Å². The molecule has 0 radical (unpaired) electrons. The Kier molecular flexibility index (Phi) is 4.40. The summed E-state index contributed by atoms with van der Waals surface area (Å²) >= 11 is 0. The monoisotopic (exact) mass is 375 g/mol. The zero-order valence-corrected chi connectivity index (χ0v) is 15.5. The summed E-state index contributed by atoms with van der Waals surface area (Å²) in [4.78, 5) is 0.0676. The highest BCUT2D eigenvalue weighted by Crippen LogP contribution is 2.34. The Morgan fingerprint density at radius 1 is 1.21 bits per heavy atom. The third-order valence-electron chi connectivity index (χ3n) is 4.65. The number of methoxy groups -OCH3 is 1. The van der Waals surface area contributed by atoms with E-state index in [1.165, 1.54) is 11.4 Å². The predicted molar refractivity (Wildman–Crippen MR) is 88.5 cm³/mol. The second kappa shape index (κ2) is 5.98. The van der Waals surface area contributed by atoms with Gasteiger partial charge in [-0.2, -0.15) is 4.31 Å². The second-order valence-corrected chi connectivity index (χ2v) is 10.3. The van der Waals surface area contributed by atoms with Crippen molar-refractivity contribution in [3.63, 3.8) is 0 Å². The summed E-state index contributed by atoms with van der Waals surface area (Å²) in [6.07, 6.45) is -0.601. The minimum absolute atomic E-state index is 0.0676. The molecule has 0 spiro atoms. The first-order chi connectivity index (χ1) is 11.2. The van der Waals surface area contributed by atoms with Crippen molar-refractivity contribution in [2.75, 3.05) is 31.8 Å². The first kappa shape index (κ1) is 17.7. The van der Waals surface area contributed by atoms with Crippen molar-refractivity contribution in [2.45, 2.75) is 30.9 Å². The van der Waals surface area contributed by atoms with Gasteiger partial charge in [0.2, 0.25) is 10.0 Å². The van der Waals surface area contributed by atoms with E-state index in [2.05, 4.69) is 0 Å². The van der Waals surface area contributed by atoms with Crippen LogP contribution in [0, 0.1) is 13.8 Å². The van der Waals surface area contributed by atoms with Gasteiger partial charge in [-0.3, -0.25) is 0 Å². The molecule has 0 N–H and O–H groups in total. The van der Waals surface area contributed by atoms with Crippen LogP contribution in [-0.2, 0) is 24.6 Å². The highest BCUT2D eigenvalue weighted by atomic mass is 32.2. The van der Waals surface area contributed by atoms with E-state index in [0.29, 0.717) is 0 Å². The smallest absolute Gasteiger partial charge is 0.247 e. The minimum atomic E-state index is -3.88. The van der Waals surface area contributed by atoms with Gasteiger partial charge in [0.15, 0.2) is 9.84 Å². The van der Waals surface area contributed by atoms with Crippen LogP contribution >= 0.6 is 0 Å². The normalized spacial score (nSPS) is 27.0. The lowest BCUT2D eigenvalue weighted by Crippen LogP contribution is -2.53. The summed E-state index contributed by atoms with van der Waals surface area (Å²) in [6.45, 7) is 4.02. The molecular formula is C15H21NO6S2. The van der Waals surface area contributed by atoms with Gasteiger partial charge in [0.05, 0.1) is 37.4 Å². The number of sulfonamides is 1. The largest absolute Gasteiger partial charge is 0.495 e. The molecule has 1 aromatic carbocycles. The maximum Gasteiger partial charge on any atom is 0.247 e. The highest BCUT2D eigenvalue weighted by Gasteiger charge is 2.48. The first-order valence-electron chi connectivity index (χ1n) is 7.65. The number of rotatable bonds is 3. The van der Waals surface area contributed by atoms with Crippen molar-refractivity contribution in [1.29, 1.82) is 0 Å². The molecule has 0 saturated carbocycles. The highest BCUT2D eigenvalue weighted by molar-refractivity contribution is 7.92. The van der Waals surface area contributed by atoms with E-state index < -0.39 is 32.0 Å². The van der Waals surface area contributed by atoms with Gasteiger partial charge in [-0.15, -0.1) is 0 Å². The van der Waals surface area contributed by atoms with E-state index in [1.54, 1.807) is 12.1 Å². The molecule has 1 aromatic rings. The van der Waals surface area contributed by atoms with Gasteiger partial charge >= 0.3 is 0 Å². The Morgan fingerprint density at radius 2 is 1.88 bits per heavy atom. The number of sulfone groups is 1. The number of hydrogen-bond donors (Lipinski definition) is 0. The SMILES string of the molecule is COc1cc(C)c(C)cc1S(=O)(=O)N1CCOC2CS(=O)(=O)CC21. The lowest BCUT2D eigenvalue weighted by atomic mass is 10.1. The van der Waals surface area contributed by atoms with Crippen LogP contribution in [0.15, 0.2) is 17.0 Å². The fraction of sp³-hybridized carbons (Fsp3) is 0.600. The third kappa shape index (κ3) is 2.94. The summed E-state index contributed by atoms with van der Waals surface area (Å²) in [5.74, 6) is -0.0698. The van der Waals surface area contributed by atoms with Gasteiger partial charge in [-0.1, -0.05) is 0 Å². The van der Waals surface area contributed by atoms with Crippen LogP contribution in [0.2, 0.25) is 0 Å². The molecule has 0 aliphatic carbocycles. The molecule has 9 heteroatoms. The zero-order chi connectivity index (χ0) is 17.7. The van der Waals surface area contributed by atoms with E-state index in [9.17, 15) is 16.8 Å². The molecule has 2 atom stereocenters. The molecule has 0 aromatic heterocycles. The predicted octanol–water partition coefficient (Wildman–Crippen LogP) is 0.499. The van der Waals surface area contributed by atoms with Gasteiger partial charge in [0, 0.05) is 6.54 Å². The van der Waals surface area contributed by atoms with Crippen LogP contribution in [0.3, 0.4) is 0 Å². The summed E-state index contributed by atoms with van der Waals surface area (Å²) in [5, 5.41) is 0. The Morgan fingerprint density at radius 3 is 2.54 bits per heavy atom. The molecule has 2 aliphatic rings.